The Labute approximate surface area is 129 Å². The van der Waals surface area contributed by atoms with Gasteiger partial charge < -0.3 is 15.4 Å². The van der Waals surface area contributed by atoms with E-state index in [-0.39, 0.29) is 17.3 Å². The third-order valence-corrected chi connectivity index (χ3v) is 2.90. The summed E-state index contributed by atoms with van der Waals surface area (Å²) in [4.78, 5) is 23.1. The summed E-state index contributed by atoms with van der Waals surface area (Å²) in [6.07, 6.45) is -5.16. The minimum absolute atomic E-state index is 0.0502. The maximum atomic E-state index is 13.5. The van der Waals surface area contributed by atoms with Gasteiger partial charge in [0.05, 0.1) is 17.3 Å². The highest BCUT2D eigenvalue weighted by Crippen LogP contribution is 2.35. The van der Waals surface area contributed by atoms with Crippen molar-refractivity contribution in [3.63, 3.8) is 0 Å². The number of carbonyl (C=O) groups is 2. The first kappa shape index (κ1) is 18.1. The van der Waals surface area contributed by atoms with Crippen LogP contribution in [-0.4, -0.2) is 30.3 Å². The molecule has 0 bridgehead atoms. The molecule has 0 aliphatic heterocycles. The smallest absolute Gasteiger partial charge is 0.441 e. The van der Waals surface area contributed by atoms with Crippen molar-refractivity contribution in [3.05, 3.63) is 29.3 Å². The molecule has 0 heterocycles. The van der Waals surface area contributed by atoms with Crippen molar-refractivity contribution >= 4 is 29.2 Å². The van der Waals surface area contributed by atoms with E-state index in [1.165, 1.54) is 31.2 Å². The fraction of sp³-hybridized carbons (Fsp3) is 0.385. The fourth-order valence-corrected chi connectivity index (χ4v) is 1.84. The Morgan fingerprint density at radius 1 is 1.27 bits per heavy atom. The standard InChI is InChI=1S/C13H14ClF3N2O3/c1-3-22-11(21)12(13(15,16)17,18-8(2)20)19-10-7-5-4-6-9(10)14/h4-7,19H,3H2,1-2H3,(H,18,20)/t12-/m1/s1. The number of halogens is 4. The number of rotatable bonds is 5. The Kier molecular flexibility index (Phi) is 5.65. The second-order valence-corrected chi connectivity index (χ2v) is 4.66. The quantitative estimate of drug-likeness (QED) is 0.640. The third kappa shape index (κ3) is 3.82. The molecule has 0 aliphatic carbocycles. The number of para-hydroxylation sites is 1. The monoisotopic (exact) mass is 338 g/mol. The van der Waals surface area contributed by atoms with Crippen LogP contribution in [0, 0.1) is 0 Å². The first-order chi connectivity index (χ1) is 10.1. The van der Waals surface area contributed by atoms with E-state index in [0.717, 1.165) is 6.92 Å². The number of anilines is 1. The first-order valence-electron chi connectivity index (χ1n) is 6.19. The van der Waals surface area contributed by atoms with Gasteiger partial charge in [-0.1, -0.05) is 23.7 Å². The van der Waals surface area contributed by atoms with Crippen molar-refractivity contribution in [3.8, 4) is 0 Å². The number of esters is 1. The van der Waals surface area contributed by atoms with Gasteiger partial charge in [0, 0.05) is 6.92 Å². The highest BCUT2D eigenvalue weighted by Gasteiger charge is 2.63. The van der Waals surface area contributed by atoms with E-state index in [9.17, 15) is 22.8 Å². The van der Waals surface area contributed by atoms with Gasteiger partial charge in [0.15, 0.2) is 0 Å². The molecule has 2 N–H and O–H groups in total. The van der Waals surface area contributed by atoms with Crippen molar-refractivity contribution in [2.75, 3.05) is 11.9 Å². The van der Waals surface area contributed by atoms with Crippen LogP contribution in [0.15, 0.2) is 24.3 Å². The number of carbonyl (C=O) groups excluding carboxylic acids is 2. The molecule has 1 rings (SSSR count). The van der Waals surface area contributed by atoms with Crippen molar-refractivity contribution in [1.82, 2.24) is 5.32 Å². The Bertz CT molecular complexity index is 566. The van der Waals surface area contributed by atoms with Crippen LogP contribution in [-0.2, 0) is 14.3 Å². The predicted molar refractivity (Wildman–Crippen MR) is 74.3 cm³/mol. The molecule has 0 aromatic heterocycles. The number of ether oxygens (including phenoxy) is 1. The SMILES string of the molecule is CCOC(=O)[C@@](NC(C)=O)(Nc1ccccc1Cl)C(F)(F)F. The summed E-state index contributed by atoms with van der Waals surface area (Å²) in [5.74, 6) is -2.75. The number of hydrogen-bond donors (Lipinski definition) is 2. The molecule has 0 unspecified atom stereocenters. The molecule has 9 heteroatoms. The maximum Gasteiger partial charge on any atom is 0.441 e. The van der Waals surface area contributed by atoms with Gasteiger partial charge in [-0.25, -0.2) is 4.79 Å². The van der Waals surface area contributed by atoms with Gasteiger partial charge in [-0.15, -0.1) is 0 Å². The Morgan fingerprint density at radius 3 is 2.32 bits per heavy atom. The Balaban J connectivity index is 3.38. The van der Waals surface area contributed by atoms with E-state index >= 15 is 0 Å². The molecular weight excluding hydrogens is 325 g/mol. The second-order valence-electron chi connectivity index (χ2n) is 4.25. The Hall–Kier alpha value is -1.96. The number of amides is 1. The third-order valence-electron chi connectivity index (χ3n) is 2.57. The zero-order chi connectivity index (χ0) is 17.0. The summed E-state index contributed by atoms with van der Waals surface area (Å²) in [6.45, 7) is 1.91. The maximum absolute atomic E-state index is 13.5. The van der Waals surface area contributed by atoms with Crippen LogP contribution in [0.3, 0.4) is 0 Å². The minimum Gasteiger partial charge on any atom is -0.463 e. The summed E-state index contributed by atoms with van der Waals surface area (Å²) in [5.41, 5.74) is -3.61. The van der Waals surface area contributed by atoms with Gasteiger partial charge in [-0.3, -0.25) is 4.79 Å². The number of benzene rings is 1. The van der Waals surface area contributed by atoms with Gasteiger partial charge in [-0.05, 0) is 19.1 Å². The molecule has 1 aromatic carbocycles. The lowest BCUT2D eigenvalue weighted by molar-refractivity contribution is -0.207. The molecule has 5 nitrogen and oxygen atoms in total. The van der Waals surface area contributed by atoms with Gasteiger partial charge in [-0.2, -0.15) is 13.2 Å². The molecule has 1 atom stereocenters. The van der Waals surface area contributed by atoms with Crippen LogP contribution in [0.25, 0.3) is 0 Å². The van der Waals surface area contributed by atoms with E-state index < -0.39 is 23.7 Å². The first-order valence-corrected chi connectivity index (χ1v) is 6.57. The second kappa shape index (κ2) is 6.87. The molecule has 1 aromatic rings. The predicted octanol–water partition coefficient (Wildman–Crippen LogP) is 2.71. The Morgan fingerprint density at radius 2 is 1.86 bits per heavy atom. The van der Waals surface area contributed by atoms with Crippen molar-refractivity contribution in [2.24, 2.45) is 0 Å². The molecule has 0 fully saturated rings. The van der Waals surface area contributed by atoms with Gasteiger partial charge in [0.2, 0.25) is 5.91 Å². The molecule has 22 heavy (non-hydrogen) atoms. The van der Waals surface area contributed by atoms with Crippen LogP contribution >= 0.6 is 11.6 Å². The van der Waals surface area contributed by atoms with Crippen LogP contribution in [0.5, 0.6) is 0 Å². The van der Waals surface area contributed by atoms with Crippen molar-refractivity contribution < 1.29 is 27.5 Å². The summed E-state index contributed by atoms with van der Waals surface area (Å²) >= 11 is 5.80. The van der Waals surface area contributed by atoms with Crippen LogP contribution < -0.4 is 10.6 Å². The van der Waals surface area contributed by atoms with Crippen molar-refractivity contribution in [1.29, 1.82) is 0 Å². The van der Waals surface area contributed by atoms with E-state index in [2.05, 4.69) is 4.74 Å². The highest BCUT2D eigenvalue weighted by molar-refractivity contribution is 6.33. The largest absolute Gasteiger partial charge is 0.463 e. The minimum atomic E-state index is -5.16. The normalized spacial score (nSPS) is 13.9. The summed E-state index contributed by atoms with van der Waals surface area (Å²) in [6, 6.07) is 5.51. The lowest BCUT2D eigenvalue weighted by atomic mass is 10.1. The molecule has 0 radical (unpaired) electrons. The molecule has 0 saturated heterocycles. The van der Waals surface area contributed by atoms with Gasteiger partial charge in [0.1, 0.15) is 0 Å². The molecule has 0 aliphatic rings. The number of nitrogens with one attached hydrogen (secondary N) is 2. The molecule has 0 saturated carbocycles. The summed E-state index contributed by atoms with van der Waals surface area (Å²) < 4.78 is 45.0. The highest BCUT2D eigenvalue weighted by atomic mass is 35.5. The average Bonchev–Trinajstić information content (AvgIpc) is 2.38. The van der Waals surface area contributed by atoms with Gasteiger partial charge >= 0.3 is 17.8 Å². The molecule has 122 valence electrons. The zero-order valence-electron chi connectivity index (χ0n) is 11.8. The lowest BCUT2D eigenvalue weighted by Gasteiger charge is -2.35. The summed E-state index contributed by atoms with van der Waals surface area (Å²) in [7, 11) is 0. The number of alkyl halides is 3. The fourth-order valence-electron chi connectivity index (χ4n) is 1.66. The molecule has 1 amide bonds. The summed E-state index contributed by atoms with van der Waals surface area (Å²) in [5, 5.41) is 3.49. The average molecular weight is 339 g/mol. The van der Waals surface area contributed by atoms with E-state index in [4.69, 9.17) is 11.6 Å². The topological polar surface area (TPSA) is 67.4 Å². The molecular formula is C13H14ClF3N2O3. The van der Waals surface area contributed by atoms with E-state index in [1.807, 2.05) is 5.32 Å². The van der Waals surface area contributed by atoms with Gasteiger partial charge in [0.25, 0.3) is 0 Å². The molecule has 0 spiro atoms. The zero-order valence-corrected chi connectivity index (χ0v) is 12.5. The number of hydrogen-bond acceptors (Lipinski definition) is 4. The van der Waals surface area contributed by atoms with E-state index in [0.29, 0.717) is 0 Å². The van der Waals surface area contributed by atoms with E-state index in [1.54, 1.807) is 5.32 Å². The van der Waals surface area contributed by atoms with Crippen LogP contribution in [0.1, 0.15) is 13.8 Å². The van der Waals surface area contributed by atoms with Crippen molar-refractivity contribution in [2.45, 2.75) is 25.7 Å². The van der Waals surface area contributed by atoms with Crippen LogP contribution in [0.4, 0.5) is 18.9 Å². The lowest BCUT2D eigenvalue weighted by Crippen LogP contribution is -2.69. The van der Waals surface area contributed by atoms with Crippen LogP contribution in [0.2, 0.25) is 5.02 Å².